The van der Waals surface area contributed by atoms with Crippen LogP contribution in [-0.2, 0) is 0 Å². The number of rotatable bonds is 5. The van der Waals surface area contributed by atoms with E-state index in [0.717, 1.165) is 23.9 Å². The highest BCUT2D eigenvalue weighted by Crippen LogP contribution is 2.34. The number of hydrogen-bond donors (Lipinski definition) is 1. The minimum Gasteiger partial charge on any atom is -0.313 e. The van der Waals surface area contributed by atoms with Crippen LogP contribution in [0.1, 0.15) is 58.3 Å². The molecule has 2 heteroatoms. The zero-order valence-electron chi connectivity index (χ0n) is 12.0. The monoisotopic (exact) mass is 250 g/mol. The Morgan fingerprint density at radius 2 is 1.72 bits per heavy atom. The second kappa shape index (κ2) is 5.92. The molecule has 2 aliphatic carbocycles. The van der Waals surface area contributed by atoms with Gasteiger partial charge in [0.05, 0.1) is 0 Å². The minimum absolute atomic E-state index is 0.795. The lowest BCUT2D eigenvalue weighted by molar-refractivity contribution is 0.124. The van der Waals surface area contributed by atoms with Gasteiger partial charge in [-0.2, -0.15) is 0 Å². The summed E-state index contributed by atoms with van der Waals surface area (Å²) in [6.45, 7) is 6.41. The molecule has 0 aromatic carbocycles. The fraction of sp³-hybridized carbons (Fsp3) is 1.00. The lowest BCUT2D eigenvalue weighted by Gasteiger charge is -2.37. The van der Waals surface area contributed by atoms with E-state index in [0.29, 0.717) is 0 Å². The second-order valence-electron chi connectivity index (χ2n) is 7.10. The summed E-state index contributed by atoms with van der Waals surface area (Å²) < 4.78 is 0. The predicted molar refractivity (Wildman–Crippen MR) is 76.7 cm³/mol. The van der Waals surface area contributed by atoms with Crippen LogP contribution in [0.5, 0.6) is 0 Å². The maximum absolute atomic E-state index is 3.69. The molecular formula is C16H30N2. The van der Waals surface area contributed by atoms with Gasteiger partial charge in [-0.25, -0.2) is 0 Å². The first kappa shape index (κ1) is 12.9. The first-order valence-corrected chi connectivity index (χ1v) is 8.28. The first-order valence-electron chi connectivity index (χ1n) is 8.28. The Balaban J connectivity index is 1.53. The third-order valence-corrected chi connectivity index (χ3v) is 5.31. The van der Waals surface area contributed by atoms with Crippen LogP contribution in [0.15, 0.2) is 0 Å². The van der Waals surface area contributed by atoms with Gasteiger partial charge < -0.3 is 5.32 Å². The summed E-state index contributed by atoms with van der Waals surface area (Å²) in [6.07, 6.45) is 11.6. The molecule has 1 unspecified atom stereocenters. The third kappa shape index (κ3) is 3.48. The lowest BCUT2D eigenvalue weighted by Crippen LogP contribution is -2.45. The van der Waals surface area contributed by atoms with E-state index in [1.807, 2.05) is 0 Å². The highest BCUT2D eigenvalue weighted by Gasteiger charge is 2.31. The summed E-state index contributed by atoms with van der Waals surface area (Å²) in [5.74, 6) is 2.03. The van der Waals surface area contributed by atoms with Gasteiger partial charge in [-0.3, -0.25) is 4.90 Å². The quantitative estimate of drug-likeness (QED) is 0.807. The van der Waals surface area contributed by atoms with Crippen LogP contribution >= 0.6 is 0 Å². The topological polar surface area (TPSA) is 15.3 Å². The van der Waals surface area contributed by atoms with E-state index in [-0.39, 0.29) is 0 Å². The van der Waals surface area contributed by atoms with Gasteiger partial charge in [-0.1, -0.05) is 6.92 Å². The maximum Gasteiger partial charge on any atom is 0.0195 e. The Labute approximate surface area is 113 Å². The molecule has 0 amide bonds. The molecule has 3 rings (SSSR count). The molecule has 2 nitrogen and oxygen atoms in total. The number of nitrogens with one attached hydrogen (secondary N) is 1. The van der Waals surface area contributed by atoms with Crippen LogP contribution in [0.2, 0.25) is 0 Å². The van der Waals surface area contributed by atoms with Crippen LogP contribution in [0.4, 0.5) is 0 Å². The zero-order chi connectivity index (χ0) is 12.4. The number of nitrogens with zero attached hydrogens (tertiary/aromatic N) is 1. The van der Waals surface area contributed by atoms with E-state index in [1.54, 1.807) is 0 Å². The summed E-state index contributed by atoms with van der Waals surface area (Å²) >= 11 is 0. The largest absolute Gasteiger partial charge is 0.313 e. The van der Waals surface area contributed by atoms with Gasteiger partial charge >= 0.3 is 0 Å². The molecule has 18 heavy (non-hydrogen) atoms. The average Bonchev–Trinajstić information content (AvgIpc) is 3.04. The van der Waals surface area contributed by atoms with Gasteiger partial charge in [0.2, 0.25) is 0 Å². The van der Waals surface area contributed by atoms with Crippen molar-refractivity contribution in [3.05, 3.63) is 0 Å². The average molecular weight is 250 g/mol. The molecule has 0 aromatic rings. The van der Waals surface area contributed by atoms with Crippen molar-refractivity contribution in [3.63, 3.8) is 0 Å². The van der Waals surface area contributed by atoms with Crippen LogP contribution in [-0.4, -0.2) is 36.6 Å². The fourth-order valence-electron chi connectivity index (χ4n) is 3.81. The van der Waals surface area contributed by atoms with Gasteiger partial charge in [0.15, 0.2) is 0 Å². The van der Waals surface area contributed by atoms with E-state index in [2.05, 4.69) is 17.1 Å². The Bertz CT molecular complexity index is 248. The lowest BCUT2D eigenvalue weighted by atomic mass is 9.86. The van der Waals surface area contributed by atoms with E-state index in [1.165, 1.54) is 71.0 Å². The zero-order valence-corrected chi connectivity index (χ0v) is 12.0. The van der Waals surface area contributed by atoms with Crippen molar-refractivity contribution in [2.24, 2.45) is 11.8 Å². The van der Waals surface area contributed by atoms with Crippen LogP contribution in [0.3, 0.4) is 0 Å². The van der Waals surface area contributed by atoms with Crippen molar-refractivity contribution in [2.45, 2.75) is 70.4 Å². The molecule has 3 fully saturated rings. The first-order chi connectivity index (χ1) is 8.81. The summed E-state index contributed by atoms with van der Waals surface area (Å²) in [5, 5.41) is 3.69. The van der Waals surface area contributed by atoms with Crippen molar-refractivity contribution >= 4 is 0 Å². The van der Waals surface area contributed by atoms with Gasteiger partial charge in [0.1, 0.15) is 0 Å². The molecule has 0 radical (unpaired) electrons. The van der Waals surface area contributed by atoms with Crippen molar-refractivity contribution in [1.82, 2.24) is 10.2 Å². The van der Waals surface area contributed by atoms with Crippen molar-refractivity contribution in [3.8, 4) is 0 Å². The predicted octanol–water partition coefficient (Wildman–Crippen LogP) is 3.03. The molecule has 104 valence electrons. The molecule has 1 aliphatic heterocycles. The highest BCUT2D eigenvalue weighted by atomic mass is 15.2. The number of hydrogen-bond acceptors (Lipinski definition) is 2. The molecule has 2 saturated carbocycles. The van der Waals surface area contributed by atoms with Crippen molar-refractivity contribution < 1.29 is 0 Å². The summed E-state index contributed by atoms with van der Waals surface area (Å²) in [7, 11) is 0. The van der Waals surface area contributed by atoms with E-state index in [9.17, 15) is 0 Å². The molecule has 0 spiro atoms. The summed E-state index contributed by atoms with van der Waals surface area (Å²) in [6, 6.07) is 1.70. The third-order valence-electron chi connectivity index (χ3n) is 5.31. The molecule has 1 atom stereocenters. The molecule has 1 N–H and O–H groups in total. The van der Waals surface area contributed by atoms with Gasteiger partial charge in [-0.05, 0) is 69.7 Å². The van der Waals surface area contributed by atoms with Gasteiger partial charge in [0.25, 0.3) is 0 Å². The maximum atomic E-state index is 3.69. The minimum atomic E-state index is 0.795. The van der Waals surface area contributed by atoms with E-state index < -0.39 is 0 Å². The van der Waals surface area contributed by atoms with Gasteiger partial charge in [0, 0.05) is 25.2 Å². The summed E-state index contributed by atoms with van der Waals surface area (Å²) in [5.41, 5.74) is 0. The smallest absolute Gasteiger partial charge is 0.0195 e. The Morgan fingerprint density at radius 1 is 0.944 bits per heavy atom. The Kier molecular flexibility index (Phi) is 4.25. The van der Waals surface area contributed by atoms with E-state index in [4.69, 9.17) is 0 Å². The SMILES string of the molecule is CC1CCC(N(CC2CC2)CC2CCCN2)CC1. The van der Waals surface area contributed by atoms with Crippen LogP contribution in [0, 0.1) is 11.8 Å². The van der Waals surface area contributed by atoms with Crippen molar-refractivity contribution in [1.29, 1.82) is 0 Å². The molecule has 3 aliphatic rings. The Hall–Kier alpha value is -0.0800. The fourth-order valence-corrected chi connectivity index (χ4v) is 3.81. The molecular weight excluding hydrogens is 220 g/mol. The standard InChI is InChI=1S/C16H30N2/c1-13-4-8-16(9-5-13)18(11-14-6-7-14)12-15-3-2-10-17-15/h13-17H,2-12H2,1H3. The van der Waals surface area contributed by atoms with Crippen LogP contribution < -0.4 is 5.32 Å². The highest BCUT2D eigenvalue weighted by molar-refractivity contribution is 4.87. The van der Waals surface area contributed by atoms with Crippen LogP contribution in [0.25, 0.3) is 0 Å². The normalized spacial score (nSPS) is 37.3. The second-order valence-corrected chi connectivity index (χ2v) is 7.10. The Morgan fingerprint density at radius 3 is 2.33 bits per heavy atom. The van der Waals surface area contributed by atoms with E-state index >= 15 is 0 Å². The molecule has 1 saturated heterocycles. The molecule has 1 heterocycles. The molecule has 0 bridgehead atoms. The van der Waals surface area contributed by atoms with Gasteiger partial charge in [-0.15, -0.1) is 0 Å². The molecule has 0 aromatic heterocycles. The summed E-state index contributed by atoms with van der Waals surface area (Å²) in [4.78, 5) is 2.87. The van der Waals surface area contributed by atoms with Crippen molar-refractivity contribution in [2.75, 3.05) is 19.6 Å².